The van der Waals surface area contributed by atoms with Gasteiger partial charge in [0, 0.05) is 0 Å². The van der Waals surface area contributed by atoms with E-state index in [2.05, 4.69) is 25.1 Å². The fourth-order valence-corrected chi connectivity index (χ4v) is 5.35. The number of benzene rings is 3. The zero-order valence-electron chi connectivity index (χ0n) is 24.5. The zero-order chi connectivity index (χ0) is 33.2. The molecule has 5 rings (SSSR count). The zero-order valence-corrected chi connectivity index (χ0v) is 25.3. The number of carbonyl (C=O) groups is 2. The molecule has 3 aromatic carbocycles. The number of urea groups is 1. The van der Waals surface area contributed by atoms with Crippen molar-refractivity contribution in [3.63, 3.8) is 0 Å². The van der Waals surface area contributed by atoms with Crippen LogP contribution in [0.15, 0.2) is 65.9 Å². The third-order valence-electron chi connectivity index (χ3n) is 6.58. The molecule has 0 bridgehead atoms. The van der Waals surface area contributed by atoms with Crippen molar-refractivity contribution < 1.29 is 36.3 Å². The second-order valence-corrected chi connectivity index (χ2v) is 11.3. The summed E-state index contributed by atoms with van der Waals surface area (Å²) in [6.45, 7) is 5.82. The monoisotopic (exact) mass is 656 g/mol. The third-order valence-corrected chi connectivity index (χ3v) is 7.50. The highest BCUT2D eigenvalue weighted by atomic mass is 32.2. The van der Waals surface area contributed by atoms with Crippen molar-refractivity contribution in [3.05, 3.63) is 95.1 Å². The molecule has 0 radical (unpaired) electrons. The van der Waals surface area contributed by atoms with Crippen LogP contribution >= 0.6 is 11.8 Å². The van der Waals surface area contributed by atoms with E-state index in [1.54, 1.807) is 0 Å². The lowest BCUT2D eigenvalue weighted by Gasteiger charge is -2.22. The Labute approximate surface area is 263 Å². The van der Waals surface area contributed by atoms with Gasteiger partial charge in [0.2, 0.25) is 5.91 Å². The summed E-state index contributed by atoms with van der Waals surface area (Å²) in [6.07, 6.45) is -0.803. The second kappa shape index (κ2) is 13.1. The number of carbonyl (C=O) groups excluding carboxylic acids is 2. The molecule has 15 heteroatoms. The maximum absolute atomic E-state index is 14.9. The number of aromatic nitrogens is 3. The Hall–Kier alpha value is -5.05. The first kappa shape index (κ1) is 32.3. The molecule has 0 aliphatic carbocycles. The van der Waals surface area contributed by atoms with E-state index < -0.39 is 35.5 Å². The summed E-state index contributed by atoms with van der Waals surface area (Å²) in [5, 5.41) is 6.39. The van der Waals surface area contributed by atoms with E-state index in [-0.39, 0.29) is 34.1 Å². The van der Waals surface area contributed by atoms with Crippen LogP contribution in [0.1, 0.15) is 42.3 Å². The van der Waals surface area contributed by atoms with Gasteiger partial charge in [-0.2, -0.15) is 4.99 Å². The number of ether oxygens (including phenoxy) is 1. The molecule has 0 unspecified atom stereocenters. The molecule has 1 N–H and O–H groups in total. The lowest BCUT2D eigenvalue weighted by molar-refractivity contribution is -0.274. The number of hydrogen-bond donors (Lipinski definition) is 1. The quantitative estimate of drug-likeness (QED) is 0.205. The third kappa shape index (κ3) is 7.59. The molecule has 1 aliphatic rings. The lowest BCUT2D eigenvalue weighted by atomic mass is 9.99. The number of nitrogens with zero attached hydrogens (tertiary/aromatic N) is 5. The number of alkyl halides is 3. The molecule has 0 saturated carbocycles. The predicted molar refractivity (Wildman–Crippen MR) is 165 cm³/mol. The first-order valence-corrected chi connectivity index (χ1v) is 14.7. The Bertz CT molecular complexity index is 1830. The maximum Gasteiger partial charge on any atom is 0.573 e. The van der Waals surface area contributed by atoms with E-state index in [0.29, 0.717) is 11.4 Å². The molecule has 0 atom stereocenters. The van der Waals surface area contributed by atoms with E-state index in [1.807, 2.05) is 39.0 Å². The Balaban J connectivity index is 1.29. The number of amides is 3. The molecule has 238 valence electrons. The Kier molecular flexibility index (Phi) is 9.23. The minimum atomic E-state index is -4.82. The number of amidine groups is 1. The number of thioether (sulfide) groups is 1. The first-order chi connectivity index (χ1) is 21.8. The van der Waals surface area contributed by atoms with Crippen molar-refractivity contribution >= 4 is 52.4 Å². The first-order valence-electron chi connectivity index (χ1n) is 13.7. The number of anilines is 2. The largest absolute Gasteiger partial charge is 0.573 e. The molecule has 1 saturated heterocycles. The summed E-state index contributed by atoms with van der Waals surface area (Å²) in [5.74, 6) is -2.53. The minimum absolute atomic E-state index is 0.0532. The van der Waals surface area contributed by atoms with E-state index in [1.165, 1.54) is 40.2 Å². The Morgan fingerprint density at radius 1 is 1.07 bits per heavy atom. The standard InChI is InChI=1S/C31H25F5N6O3S/c1-17(2)22-10-4-18(3)12-25(22)42-27(43)15-46-30(42)39-29(44)38-28-23(32)13-19(14-24(28)33)5-11-26-37-16-41(40-26)20-6-8-21(9-7-20)45-31(34,35)36/h4-14,16-17H,15H2,1-3H3,(H,38,44). The van der Waals surface area contributed by atoms with Crippen LogP contribution in [0.4, 0.5) is 38.1 Å². The predicted octanol–water partition coefficient (Wildman–Crippen LogP) is 7.71. The van der Waals surface area contributed by atoms with Crippen LogP contribution in [-0.4, -0.2) is 44.0 Å². The van der Waals surface area contributed by atoms with Crippen LogP contribution in [0.2, 0.25) is 0 Å². The SMILES string of the molecule is Cc1ccc(C(C)C)c(N2C(=O)CSC2=NC(=O)Nc2c(F)cc(C=Cc3ncn(-c4ccc(OC(F)(F)F)cc4)n3)cc2F)c1. The summed E-state index contributed by atoms with van der Waals surface area (Å²) in [5.41, 5.74) is 2.15. The van der Waals surface area contributed by atoms with Gasteiger partial charge in [-0.3, -0.25) is 9.69 Å². The number of aryl methyl sites for hydroxylation is 1. The molecule has 1 aromatic heterocycles. The van der Waals surface area contributed by atoms with E-state index >= 15 is 0 Å². The van der Waals surface area contributed by atoms with Gasteiger partial charge in [0.25, 0.3) is 0 Å². The number of hydrogen-bond acceptors (Lipinski definition) is 6. The summed E-state index contributed by atoms with van der Waals surface area (Å²) in [6, 6.07) is 11.5. The highest BCUT2D eigenvalue weighted by molar-refractivity contribution is 8.15. The van der Waals surface area contributed by atoms with Crippen molar-refractivity contribution in [2.45, 2.75) is 33.1 Å². The highest BCUT2D eigenvalue weighted by Crippen LogP contribution is 2.34. The average Bonchev–Trinajstić information content (AvgIpc) is 3.59. The molecule has 46 heavy (non-hydrogen) atoms. The maximum atomic E-state index is 14.9. The summed E-state index contributed by atoms with van der Waals surface area (Å²) >= 11 is 1.05. The molecular weight excluding hydrogens is 631 g/mol. The van der Waals surface area contributed by atoms with Gasteiger partial charge >= 0.3 is 12.4 Å². The molecule has 3 amide bonds. The van der Waals surface area contributed by atoms with Gasteiger partial charge in [-0.15, -0.1) is 18.3 Å². The van der Waals surface area contributed by atoms with Crippen molar-refractivity contribution in [2.24, 2.45) is 4.99 Å². The van der Waals surface area contributed by atoms with Crippen LogP contribution < -0.4 is 15.0 Å². The van der Waals surface area contributed by atoms with Crippen molar-refractivity contribution in [3.8, 4) is 11.4 Å². The number of aliphatic imine (C=N–C) groups is 1. The van der Waals surface area contributed by atoms with E-state index in [0.717, 1.165) is 47.2 Å². The van der Waals surface area contributed by atoms with Crippen molar-refractivity contribution in [2.75, 3.05) is 16.0 Å². The van der Waals surface area contributed by atoms with Gasteiger partial charge < -0.3 is 10.1 Å². The molecule has 1 aliphatic heterocycles. The van der Waals surface area contributed by atoms with Crippen molar-refractivity contribution in [1.82, 2.24) is 14.8 Å². The van der Waals surface area contributed by atoms with Gasteiger partial charge in [-0.1, -0.05) is 43.8 Å². The highest BCUT2D eigenvalue weighted by Gasteiger charge is 2.33. The summed E-state index contributed by atoms with van der Waals surface area (Å²) in [4.78, 5) is 34.9. The summed E-state index contributed by atoms with van der Waals surface area (Å²) < 4.78 is 72.1. The van der Waals surface area contributed by atoms with Gasteiger partial charge in [0.1, 0.15) is 29.4 Å². The average molecular weight is 657 g/mol. The Morgan fingerprint density at radius 3 is 2.41 bits per heavy atom. The topological polar surface area (TPSA) is 102 Å². The molecule has 0 spiro atoms. The van der Waals surface area contributed by atoms with Crippen LogP contribution in [0.5, 0.6) is 5.75 Å². The second-order valence-electron chi connectivity index (χ2n) is 10.3. The fraction of sp³-hybridized carbons (Fsp3) is 0.194. The summed E-state index contributed by atoms with van der Waals surface area (Å²) in [7, 11) is 0. The van der Waals surface area contributed by atoms with Gasteiger partial charge in [-0.05, 0) is 78.1 Å². The van der Waals surface area contributed by atoms with Crippen LogP contribution in [0.3, 0.4) is 0 Å². The lowest BCUT2D eigenvalue weighted by Crippen LogP contribution is -2.31. The molecule has 2 heterocycles. The Morgan fingerprint density at radius 2 is 1.76 bits per heavy atom. The van der Waals surface area contributed by atoms with Gasteiger partial charge in [0.05, 0.1) is 17.1 Å². The number of rotatable bonds is 7. The normalized spacial score (nSPS) is 14.6. The van der Waals surface area contributed by atoms with E-state index in [9.17, 15) is 31.5 Å². The van der Waals surface area contributed by atoms with Crippen molar-refractivity contribution in [1.29, 1.82) is 0 Å². The molecule has 4 aromatic rings. The van der Waals surface area contributed by atoms with Crippen LogP contribution in [0.25, 0.3) is 17.8 Å². The molecular formula is C31H25F5N6O3S. The van der Waals surface area contributed by atoms with Crippen LogP contribution in [-0.2, 0) is 4.79 Å². The smallest absolute Gasteiger partial charge is 0.406 e. The number of nitrogens with one attached hydrogen (secondary N) is 1. The van der Waals surface area contributed by atoms with Crippen LogP contribution in [0, 0.1) is 18.6 Å². The minimum Gasteiger partial charge on any atom is -0.406 e. The molecule has 9 nitrogen and oxygen atoms in total. The fourth-order valence-electron chi connectivity index (χ4n) is 4.50. The number of halogens is 5. The van der Waals surface area contributed by atoms with Gasteiger partial charge in [0.15, 0.2) is 11.0 Å². The van der Waals surface area contributed by atoms with Gasteiger partial charge in [-0.25, -0.2) is 23.2 Å². The van der Waals surface area contributed by atoms with E-state index in [4.69, 9.17) is 0 Å². The molecule has 1 fully saturated rings.